The highest BCUT2D eigenvalue weighted by molar-refractivity contribution is 5.92. The summed E-state index contributed by atoms with van der Waals surface area (Å²) in [6, 6.07) is 1.66. The number of H-pyrrole nitrogens is 1. The molecule has 0 unspecified atom stereocenters. The minimum absolute atomic E-state index is 0.0650. The monoisotopic (exact) mass is 239 g/mol. The van der Waals surface area contributed by atoms with E-state index in [1.165, 1.54) is 0 Å². The van der Waals surface area contributed by atoms with Crippen LogP contribution in [-0.4, -0.2) is 33.7 Å². The van der Waals surface area contributed by atoms with Crippen LogP contribution in [-0.2, 0) is 11.2 Å². The van der Waals surface area contributed by atoms with Crippen LogP contribution in [0.15, 0.2) is 6.07 Å². The summed E-state index contributed by atoms with van der Waals surface area (Å²) < 4.78 is 0. The molecule has 0 fully saturated rings. The number of amides is 1. The summed E-state index contributed by atoms with van der Waals surface area (Å²) in [4.78, 5) is 22.5. The molecule has 0 aromatic carbocycles. The first-order valence-electron chi connectivity index (χ1n) is 5.42. The lowest BCUT2D eigenvalue weighted by Crippen LogP contribution is -2.39. The molecule has 1 rings (SSSR count). The molecule has 94 valence electrons. The molecule has 1 amide bonds. The molecule has 0 radical (unpaired) electrons. The third-order valence-electron chi connectivity index (χ3n) is 2.51. The Morgan fingerprint density at radius 3 is 2.65 bits per heavy atom. The van der Waals surface area contributed by atoms with Gasteiger partial charge in [0.2, 0.25) is 0 Å². The van der Waals surface area contributed by atoms with E-state index in [-0.39, 0.29) is 18.1 Å². The van der Waals surface area contributed by atoms with Crippen LogP contribution in [0.1, 0.15) is 37.0 Å². The Morgan fingerprint density at radius 1 is 1.53 bits per heavy atom. The van der Waals surface area contributed by atoms with Crippen molar-refractivity contribution in [1.29, 1.82) is 0 Å². The van der Waals surface area contributed by atoms with Crippen molar-refractivity contribution in [2.75, 3.05) is 6.54 Å². The summed E-state index contributed by atoms with van der Waals surface area (Å²) in [7, 11) is 0. The highest BCUT2D eigenvalue weighted by atomic mass is 16.4. The van der Waals surface area contributed by atoms with Crippen molar-refractivity contribution in [3.63, 3.8) is 0 Å². The third kappa shape index (κ3) is 3.30. The number of carbonyl (C=O) groups is 2. The molecule has 0 spiro atoms. The zero-order valence-electron chi connectivity index (χ0n) is 10.2. The van der Waals surface area contributed by atoms with Crippen molar-refractivity contribution < 1.29 is 14.7 Å². The number of aliphatic carboxylic acids is 1. The Kier molecular flexibility index (Phi) is 3.88. The Morgan fingerprint density at radius 2 is 2.18 bits per heavy atom. The van der Waals surface area contributed by atoms with Gasteiger partial charge in [0.15, 0.2) is 0 Å². The normalized spacial score (nSPS) is 11.2. The van der Waals surface area contributed by atoms with Gasteiger partial charge < -0.3 is 10.4 Å². The summed E-state index contributed by atoms with van der Waals surface area (Å²) in [5, 5.41) is 18.0. The maximum absolute atomic E-state index is 11.7. The predicted molar refractivity (Wildman–Crippen MR) is 61.7 cm³/mol. The van der Waals surface area contributed by atoms with Crippen LogP contribution < -0.4 is 5.32 Å². The molecule has 1 aromatic rings. The molecule has 6 heteroatoms. The van der Waals surface area contributed by atoms with Gasteiger partial charge in [-0.3, -0.25) is 14.7 Å². The Labute approximate surface area is 99.4 Å². The van der Waals surface area contributed by atoms with Gasteiger partial charge >= 0.3 is 5.97 Å². The van der Waals surface area contributed by atoms with Crippen molar-refractivity contribution in [2.45, 2.75) is 27.2 Å². The molecule has 0 aliphatic heterocycles. The summed E-state index contributed by atoms with van der Waals surface area (Å²) in [6.45, 7) is 5.12. The second-order valence-electron chi connectivity index (χ2n) is 4.50. The van der Waals surface area contributed by atoms with Gasteiger partial charge in [0.05, 0.1) is 5.41 Å². The quantitative estimate of drug-likeness (QED) is 0.708. The van der Waals surface area contributed by atoms with Gasteiger partial charge in [0.1, 0.15) is 5.69 Å². The van der Waals surface area contributed by atoms with Gasteiger partial charge in [-0.2, -0.15) is 5.10 Å². The van der Waals surface area contributed by atoms with Crippen molar-refractivity contribution in [1.82, 2.24) is 15.5 Å². The number of nitrogens with zero attached hydrogens (tertiary/aromatic N) is 1. The molecule has 0 aliphatic carbocycles. The predicted octanol–water partition coefficient (Wildman–Crippen LogP) is 0.813. The van der Waals surface area contributed by atoms with Crippen LogP contribution in [0.3, 0.4) is 0 Å². The number of nitrogens with one attached hydrogen (secondary N) is 2. The smallest absolute Gasteiger partial charge is 0.310 e. The molecule has 0 saturated carbocycles. The molecular weight excluding hydrogens is 222 g/mol. The topological polar surface area (TPSA) is 95.1 Å². The highest BCUT2D eigenvalue weighted by Gasteiger charge is 2.27. The lowest BCUT2D eigenvalue weighted by molar-refractivity contribution is -0.146. The van der Waals surface area contributed by atoms with E-state index in [0.717, 1.165) is 12.1 Å². The number of carboxylic acids is 1. The van der Waals surface area contributed by atoms with E-state index in [9.17, 15) is 9.59 Å². The molecule has 0 aliphatic rings. The molecule has 6 nitrogen and oxygen atoms in total. The minimum atomic E-state index is -0.987. The van der Waals surface area contributed by atoms with Crippen molar-refractivity contribution in [3.8, 4) is 0 Å². The van der Waals surface area contributed by atoms with Crippen LogP contribution in [0.25, 0.3) is 0 Å². The average Bonchev–Trinajstić information content (AvgIpc) is 2.74. The first kappa shape index (κ1) is 13.2. The van der Waals surface area contributed by atoms with Crippen LogP contribution in [0.5, 0.6) is 0 Å². The van der Waals surface area contributed by atoms with E-state index in [1.807, 2.05) is 6.92 Å². The fourth-order valence-electron chi connectivity index (χ4n) is 1.13. The number of hydrogen-bond donors (Lipinski definition) is 3. The Bertz CT molecular complexity index is 423. The van der Waals surface area contributed by atoms with E-state index in [1.54, 1.807) is 19.9 Å². The van der Waals surface area contributed by atoms with Gasteiger partial charge in [-0.25, -0.2) is 0 Å². The van der Waals surface area contributed by atoms with Gasteiger partial charge in [-0.1, -0.05) is 6.92 Å². The number of rotatable bonds is 5. The summed E-state index contributed by atoms with van der Waals surface area (Å²) in [6.07, 6.45) is 0.765. The van der Waals surface area contributed by atoms with Crippen molar-refractivity contribution in [2.24, 2.45) is 5.41 Å². The minimum Gasteiger partial charge on any atom is -0.481 e. The average molecular weight is 239 g/mol. The standard InChI is InChI=1S/C11H17N3O3/c1-4-7-5-8(14-13-7)9(15)12-6-11(2,3)10(16)17/h5H,4,6H2,1-3H3,(H,12,15)(H,13,14)(H,16,17). The van der Waals surface area contributed by atoms with Crippen LogP contribution in [0.4, 0.5) is 0 Å². The van der Waals surface area contributed by atoms with Crippen molar-refractivity contribution in [3.05, 3.63) is 17.5 Å². The second kappa shape index (κ2) is 4.99. The summed E-state index contributed by atoms with van der Waals surface area (Å²) in [5.41, 5.74) is 0.162. The number of aryl methyl sites for hydroxylation is 1. The summed E-state index contributed by atoms with van der Waals surface area (Å²) in [5.74, 6) is -1.32. The fraction of sp³-hybridized carbons (Fsp3) is 0.545. The Hall–Kier alpha value is -1.85. The molecule has 0 bridgehead atoms. The zero-order chi connectivity index (χ0) is 13.1. The van der Waals surface area contributed by atoms with Crippen LogP contribution in [0, 0.1) is 5.41 Å². The SMILES string of the molecule is CCc1cc(C(=O)NCC(C)(C)C(=O)O)n[nH]1. The van der Waals surface area contributed by atoms with E-state index in [4.69, 9.17) is 5.11 Å². The zero-order valence-corrected chi connectivity index (χ0v) is 10.2. The van der Waals surface area contributed by atoms with E-state index in [2.05, 4.69) is 15.5 Å². The second-order valence-corrected chi connectivity index (χ2v) is 4.50. The van der Waals surface area contributed by atoms with E-state index >= 15 is 0 Å². The molecule has 17 heavy (non-hydrogen) atoms. The van der Waals surface area contributed by atoms with Gasteiger partial charge in [-0.15, -0.1) is 0 Å². The Balaban J connectivity index is 2.58. The van der Waals surface area contributed by atoms with Crippen LogP contribution in [0.2, 0.25) is 0 Å². The molecule has 1 aromatic heterocycles. The number of aromatic amines is 1. The third-order valence-corrected chi connectivity index (χ3v) is 2.51. The van der Waals surface area contributed by atoms with E-state index in [0.29, 0.717) is 0 Å². The molecular formula is C11H17N3O3. The lowest BCUT2D eigenvalue weighted by Gasteiger charge is -2.18. The highest BCUT2D eigenvalue weighted by Crippen LogP contribution is 2.13. The van der Waals surface area contributed by atoms with Crippen molar-refractivity contribution >= 4 is 11.9 Å². The van der Waals surface area contributed by atoms with Gasteiger partial charge in [0, 0.05) is 12.2 Å². The fourth-order valence-corrected chi connectivity index (χ4v) is 1.13. The maximum atomic E-state index is 11.7. The largest absolute Gasteiger partial charge is 0.481 e. The maximum Gasteiger partial charge on any atom is 0.310 e. The van der Waals surface area contributed by atoms with Gasteiger partial charge in [-0.05, 0) is 26.3 Å². The number of carbonyl (C=O) groups excluding carboxylic acids is 1. The number of aromatic nitrogens is 2. The lowest BCUT2D eigenvalue weighted by atomic mass is 9.94. The molecule has 3 N–H and O–H groups in total. The first-order valence-corrected chi connectivity index (χ1v) is 5.42. The molecule has 0 atom stereocenters. The molecule has 1 heterocycles. The van der Waals surface area contributed by atoms with Crippen LogP contribution >= 0.6 is 0 Å². The van der Waals surface area contributed by atoms with E-state index < -0.39 is 11.4 Å². The number of carboxylic acid groups (broad SMARTS) is 1. The summed E-state index contributed by atoms with van der Waals surface area (Å²) >= 11 is 0. The van der Waals surface area contributed by atoms with Gasteiger partial charge in [0.25, 0.3) is 5.91 Å². The first-order chi connectivity index (χ1) is 7.86. The number of hydrogen-bond acceptors (Lipinski definition) is 3. The molecule has 0 saturated heterocycles.